The summed E-state index contributed by atoms with van der Waals surface area (Å²) < 4.78 is 1.39. The van der Waals surface area contributed by atoms with Crippen LogP contribution in [0.25, 0.3) is 16.0 Å². The lowest BCUT2D eigenvalue weighted by Crippen LogP contribution is -2.43. The monoisotopic (exact) mass is 329 g/mol. The second kappa shape index (κ2) is 5.92. The number of hydrogen-bond donors (Lipinski definition) is 1. The number of likely N-dealkylation sites (N-methyl/N-ethyl adjacent to an activating group) is 1. The maximum atomic E-state index is 12.0. The molecule has 0 bridgehead atoms. The smallest absolute Gasteiger partial charge is 0.310 e. The number of hydrogen-bond acceptors (Lipinski definition) is 3. The van der Waals surface area contributed by atoms with E-state index in [1.165, 1.54) is 25.2 Å². The molecule has 1 amide bonds. The second-order valence-electron chi connectivity index (χ2n) is 6.18. The van der Waals surface area contributed by atoms with Crippen molar-refractivity contribution >= 4 is 22.1 Å². The van der Waals surface area contributed by atoms with Crippen LogP contribution < -0.4 is 0 Å². The first-order chi connectivity index (χ1) is 10.9. The van der Waals surface area contributed by atoms with Crippen LogP contribution in [0.1, 0.15) is 18.2 Å². The van der Waals surface area contributed by atoms with E-state index in [1.807, 2.05) is 9.78 Å². The molecule has 2 heterocycles. The van der Waals surface area contributed by atoms with Gasteiger partial charge in [0, 0.05) is 22.8 Å². The van der Waals surface area contributed by atoms with Gasteiger partial charge in [-0.05, 0) is 23.6 Å². The first-order valence-electron chi connectivity index (χ1n) is 7.66. The molecular formula is C18H21N2O2S+. The molecule has 2 aromatic heterocycles. The van der Waals surface area contributed by atoms with Gasteiger partial charge in [-0.15, -0.1) is 16.0 Å². The van der Waals surface area contributed by atoms with Gasteiger partial charge in [-0.25, -0.2) is 10.0 Å². The van der Waals surface area contributed by atoms with Gasteiger partial charge in [0.05, 0.1) is 4.83 Å². The number of amides is 1. The molecule has 0 fully saturated rings. The van der Waals surface area contributed by atoms with Gasteiger partial charge in [0.1, 0.15) is 20.5 Å². The van der Waals surface area contributed by atoms with Crippen molar-refractivity contribution in [3.8, 4) is 11.1 Å². The Hall–Kier alpha value is -1.95. The van der Waals surface area contributed by atoms with E-state index in [0.29, 0.717) is 0 Å². The van der Waals surface area contributed by atoms with Crippen molar-refractivity contribution in [1.82, 2.24) is 4.40 Å². The summed E-state index contributed by atoms with van der Waals surface area (Å²) in [6.45, 7) is 2.15. The standard InChI is InChI=1S/C18H21N2O2S/c1-4-13-5-7-14(8-6-13)15-9-17-19(11-15)16(12-23-17)10-18(21)20(2,3)22/h5-9,11-12,22H,4,10H2,1-3H3/q+1. The number of nitrogens with zero attached hydrogens (tertiary/aromatic N) is 2. The van der Waals surface area contributed by atoms with Crippen LogP contribution in [0, 0.1) is 0 Å². The number of fused-ring (bicyclic) bond motifs is 1. The molecule has 0 unspecified atom stereocenters. The minimum absolute atomic E-state index is 0.215. The number of aromatic nitrogens is 1. The van der Waals surface area contributed by atoms with E-state index in [0.717, 1.165) is 22.5 Å². The molecule has 1 N–H and O–H groups in total. The Kier molecular flexibility index (Phi) is 4.10. The number of aryl methyl sites for hydroxylation is 1. The van der Waals surface area contributed by atoms with Crippen molar-refractivity contribution in [1.29, 1.82) is 0 Å². The molecular weight excluding hydrogens is 308 g/mol. The van der Waals surface area contributed by atoms with Crippen LogP contribution in [0.2, 0.25) is 0 Å². The lowest BCUT2D eigenvalue weighted by molar-refractivity contribution is -1.01. The van der Waals surface area contributed by atoms with Crippen molar-refractivity contribution in [2.45, 2.75) is 19.8 Å². The molecule has 5 heteroatoms. The Balaban J connectivity index is 1.92. The van der Waals surface area contributed by atoms with Gasteiger partial charge in [0.2, 0.25) is 0 Å². The van der Waals surface area contributed by atoms with Crippen molar-refractivity contribution < 1.29 is 14.6 Å². The molecule has 4 nitrogen and oxygen atoms in total. The minimum atomic E-state index is -0.649. The zero-order valence-corrected chi connectivity index (χ0v) is 14.4. The van der Waals surface area contributed by atoms with Gasteiger partial charge in [-0.1, -0.05) is 31.2 Å². The zero-order chi connectivity index (χ0) is 16.6. The molecule has 0 aliphatic heterocycles. The van der Waals surface area contributed by atoms with Crippen LogP contribution in [0.3, 0.4) is 0 Å². The van der Waals surface area contributed by atoms with Gasteiger partial charge in [-0.2, -0.15) is 0 Å². The van der Waals surface area contributed by atoms with Crippen molar-refractivity contribution in [2.24, 2.45) is 0 Å². The summed E-state index contributed by atoms with van der Waals surface area (Å²) in [7, 11) is 2.95. The number of thiazole rings is 1. The Morgan fingerprint density at radius 3 is 2.52 bits per heavy atom. The maximum absolute atomic E-state index is 12.0. The van der Waals surface area contributed by atoms with E-state index < -0.39 is 4.65 Å². The first-order valence-corrected chi connectivity index (χ1v) is 8.54. The lowest BCUT2D eigenvalue weighted by Gasteiger charge is -2.15. The highest BCUT2D eigenvalue weighted by atomic mass is 32.1. The fraction of sp³-hybridized carbons (Fsp3) is 0.278. The van der Waals surface area contributed by atoms with Crippen LogP contribution in [0.5, 0.6) is 0 Å². The topological polar surface area (TPSA) is 41.7 Å². The summed E-state index contributed by atoms with van der Waals surface area (Å²) in [5.74, 6) is -0.229. The molecule has 0 saturated carbocycles. The second-order valence-corrected chi connectivity index (χ2v) is 7.07. The Morgan fingerprint density at radius 2 is 1.91 bits per heavy atom. The third-order valence-electron chi connectivity index (χ3n) is 4.05. The number of quaternary nitrogens is 1. The number of benzene rings is 1. The normalized spacial score (nSPS) is 12.0. The van der Waals surface area contributed by atoms with E-state index in [2.05, 4.69) is 43.5 Å². The summed E-state index contributed by atoms with van der Waals surface area (Å²) in [5.41, 5.74) is 4.55. The predicted octanol–water partition coefficient (Wildman–Crippen LogP) is 3.76. The Morgan fingerprint density at radius 1 is 1.22 bits per heavy atom. The maximum Gasteiger partial charge on any atom is 0.351 e. The summed E-state index contributed by atoms with van der Waals surface area (Å²) in [4.78, 5) is 13.1. The van der Waals surface area contributed by atoms with Gasteiger partial charge in [-0.3, -0.25) is 0 Å². The molecule has 0 aliphatic carbocycles. The SMILES string of the molecule is CCc1ccc(-c2cc3scc(CC(=O)[N+](C)(C)O)n3c2)cc1. The van der Waals surface area contributed by atoms with Gasteiger partial charge in [0.25, 0.3) is 0 Å². The van der Waals surface area contributed by atoms with Gasteiger partial charge in [0.15, 0.2) is 0 Å². The highest BCUT2D eigenvalue weighted by molar-refractivity contribution is 7.15. The number of carbonyl (C=O) groups is 1. The number of carbonyl (C=O) groups excluding carboxylic acids is 1. The quantitative estimate of drug-likeness (QED) is 0.450. The van der Waals surface area contributed by atoms with Crippen LogP contribution >= 0.6 is 11.3 Å². The largest absolute Gasteiger partial charge is 0.351 e. The third kappa shape index (κ3) is 3.22. The van der Waals surface area contributed by atoms with Crippen LogP contribution in [-0.4, -0.2) is 34.3 Å². The van der Waals surface area contributed by atoms with Gasteiger partial charge < -0.3 is 4.40 Å². The highest BCUT2D eigenvalue weighted by Gasteiger charge is 2.25. The zero-order valence-electron chi connectivity index (χ0n) is 13.6. The number of rotatable bonds is 4. The predicted molar refractivity (Wildman–Crippen MR) is 92.7 cm³/mol. The van der Waals surface area contributed by atoms with E-state index >= 15 is 0 Å². The van der Waals surface area contributed by atoms with Crippen molar-refractivity contribution in [2.75, 3.05) is 14.1 Å². The molecule has 3 rings (SSSR count). The van der Waals surface area contributed by atoms with Crippen molar-refractivity contribution in [3.05, 3.63) is 53.2 Å². The number of hydroxylamine groups is 3. The molecule has 0 aliphatic rings. The van der Waals surface area contributed by atoms with Crippen LogP contribution in [-0.2, 0) is 17.6 Å². The third-order valence-corrected chi connectivity index (χ3v) is 4.99. The molecule has 120 valence electrons. The summed E-state index contributed by atoms with van der Waals surface area (Å²) in [6, 6.07) is 10.7. The first kappa shape index (κ1) is 15.9. The summed E-state index contributed by atoms with van der Waals surface area (Å²) in [5, 5.41) is 11.8. The van der Waals surface area contributed by atoms with E-state index in [-0.39, 0.29) is 12.3 Å². The van der Waals surface area contributed by atoms with Gasteiger partial charge >= 0.3 is 5.91 Å². The molecule has 0 saturated heterocycles. The molecule has 3 aromatic rings. The molecule has 23 heavy (non-hydrogen) atoms. The van der Waals surface area contributed by atoms with E-state index in [9.17, 15) is 10.0 Å². The minimum Gasteiger partial charge on any atom is -0.310 e. The average molecular weight is 329 g/mol. The van der Waals surface area contributed by atoms with Crippen molar-refractivity contribution in [3.63, 3.8) is 0 Å². The van der Waals surface area contributed by atoms with E-state index in [4.69, 9.17) is 0 Å². The van der Waals surface area contributed by atoms with E-state index in [1.54, 1.807) is 11.3 Å². The molecule has 0 spiro atoms. The Labute approximate surface area is 139 Å². The Bertz CT molecular complexity index is 838. The van der Waals surface area contributed by atoms with Crippen LogP contribution in [0.15, 0.2) is 41.9 Å². The summed E-state index contributed by atoms with van der Waals surface area (Å²) >= 11 is 1.61. The molecule has 1 aromatic carbocycles. The molecule has 0 radical (unpaired) electrons. The van der Waals surface area contributed by atoms with Crippen LogP contribution in [0.4, 0.5) is 0 Å². The fourth-order valence-corrected chi connectivity index (χ4v) is 3.44. The lowest BCUT2D eigenvalue weighted by atomic mass is 10.1. The summed E-state index contributed by atoms with van der Waals surface area (Å²) in [6.07, 6.45) is 3.31. The average Bonchev–Trinajstić information content (AvgIpc) is 3.08. The fourth-order valence-electron chi connectivity index (χ4n) is 2.51. The highest BCUT2D eigenvalue weighted by Crippen LogP contribution is 2.28. The molecule has 0 atom stereocenters.